The van der Waals surface area contributed by atoms with Gasteiger partial charge in [-0.1, -0.05) is 12.1 Å². The number of anilines is 1. The van der Waals surface area contributed by atoms with Crippen molar-refractivity contribution in [3.05, 3.63) is 29.6 Å². The van der Waals surface area contributed by atoms with Crippen molar-refractivity contribution in [2.24, 2.45) is 0 Å². The molecule has 0 aliphatic carbocycles. The molecule has 2 aromatic rings. The molecule has 0 spiro atoms. The summed E-state index contributed by atoms with van der Waals surface area (Å²) in [5.74, 6) is 0.997. The van der Waals surface area contributed by atoms with Crippen LogP contribution in [0.5, 0.6) is 0 Å². The van der Waals surface area contributed by atoms with Crippen LogP contribution in [0.2, 0.25) is 0 Å². The van der Waals surface area contributed by atoms with Crippen molar-refractivity contribution in [1.29, 1.82) is 0 Å². The van der Waals surface area contributed by atoms with Crippen molar-refractivity contribution in [2.75, 3.05) is 5.73 Å². The highest BCUT2D eigenvalue weighted by molar-refractivity contribution is 5.63. The second-order valence-corrected chi connectivity index (χ2v) is 4.70. The molecular formula is C13H15FN4. The highest BCUT2D eigenvalue weighted by Crippen LogP contribution is 2.29. The van der Waals surface area contributed by atoms with Gasteiger partial charge in [-0.15, -0.1) is 0 Å². The van der Waals surface area contributed by atoms with Gasteiger partial charge in [-0.2, -0.15) is 5.10 Å². The molecule has 2 N–H and O–H groups in total. The zero-order chi connectivity index (χ0) is 12.7. The number of halogens is 1. The second-order valence-electron chi connectivity index (χ2n) is 4.70. The van der Waals surface area contributed by atoms with Crippen LogP contribution in [0.25, 0.3) is 11.4 Å². The summed E-state index contributed by atoms with van der Waals surface area (Å²) in [6.07, 6.45) is 0.351. The Labute approximate surface area is 105 Å². The third-order valence-corrected chi connectivity index (χ3v) is 3.35. The van der Waals surface area contributed by atoms with Gasteiger partial charge in [0.15, 0.2) is 17.8 Å². The summed E-state index contributed by atoms with van der Waals surface area (Å²) < 4.78 is 15.4. The van der Waals surface area contributed by atoms with Gasteiger partial charge < -0.3 is 5.73 Å². The predicted molar refractivity (Wildman–Crippen MR) is 67.7 cm³/mol. The number of hydrogen-bond donors (Lipinski definition) is 1. The maximum atomic E-state index is 13.7. The lowest BCUT2D eigenvalue weighted by atomic mass is 10.1. The average Bonchev–Trinajstić information content (AvgIpc) is 2.78. The van der Waals surface area contributed by atoms with Gasteiger partial charge in [-0.25, -0.2) is 14.1 Å². The normalized spacial score (nSPS) is 18.7. The lowest BCUT2D eigenvalue weighted by molar-refractivity contribution is 0.252. The summed E-state index contributed by atoms with van der Waals surface area (Å²) in [5, 5.41) is 4.35. The van der Waals surface area contributed by atoms with Gasteiger partial charge in [0.2, 0.25) is 0 Å². The molecule has 1 aromatic carbocycles. The maximum Gasteiger partial charge on any atom is 0.181 e. The van der Waals surface area contributed by atoms with E-state index in [0.717, 1.165) is 24.1 Å². The molecule has 1 aliphatic heterocycles. The number of nitrogen functional groups attached to an aromatic ring is 1. The van der Waals surface area contributed by atoms with E-state index in [1.807, 2.05) is 25.1 Å². The molecule has 1 unspecified atom stereocenters. The SMILES string of the molecule is Cc1ccc(-c2nc3n(n2)CCCC3F)cc1N. The molecule has 2 heterocycles. The molecule has 1 aromatic heterocycles. The molecule has 0 saturated heterocycles. The first-order valence-corrected chi connectivity index (χ1v) is 6.10. The Kier molecular flexibility index (Phi) is 2.54. The van der Waals surface area contributed by atoms with Gasteiger partial charge in [0.1, 0.15) is 0 Å². The average molecular weight is 246 g/mol. The van der Waals surface area contributed by atoms with Crippen LogP contribution < -0.4 is 5.73 Å². The number of benzene rings is 1. The molecule has 5 heteroatoms. The number of fused-ring (bicyclic) bond motifs is 1. The summed E-state index contributed by atoms with van der Waals surface area (Å²) in [6, 6.07) is 5.68. The van der Waals surface area contributed by atoms with Crippen LogP contribution in [0.3, 0.4) is 0 Å². The minimum Gasteiger partial charge on any atom is -0.398 e. The largest absolute Gasteiger partial charge is 0.398 e. The predicted octanol–water partition coefficient (Wildman–Crippen LogP) is 2.64. The summed E-state index contributed by atoms with van der Waals surface area (Å²) in [6.45, 7) is 2.69. The van der Waals surface area contributed by atoms with Crippen molar-refractivity contribution < 1.29 is 4.39 Å². The first-order valence-electron chi connectivity index (χ1n) is 6.10. The number of hydrogen-bond acceptors (Lipinski definition) is 3. The monoisotopic (exact) mass is 246 g/mol. The third kappa shape index (κ3) is 1.75. The smallest absolute Gasteiger partial charge is 0.181 e. The summed E-state index contributed by atoms with van der Waals surface area (Å²) in [4.78, 5) is 4.29. The van der Waals surface area contributed by atoms with E-state index in [1.165, 1.54) is 0 Å². The van der Waals surface area contributed by atoms with Gasteiger partial charge in [-0.05, 0) is 31.4 Å². The molecule has 94 valence electrons. The fourth-order valence-electron chi connectivity index (χ4n) is 2.20. The van der Waals surface area contributed by atoms with Crippen LogP contribution >= 0.6 is 0 Å². The lowest BCUT2D eigenvalue weighted by Gasteiger charge is -2.14. The number of nitrogens with two attached hydrogens (primary N) is 1. The molecule has 4 nitrogen and oxygen atoms in total. The third-order valence-electron chi connectivity index (χ3n) is 3.35. The fourth-order valence-corrected chi connectivity index (χ4v) is 2.20. The number of aromatic nitrogens is 3. The summed E-state index contributed by atoms with van der Waals surface area (Å²) in [5.41, 5.74) is 8.44. The Balaban J connectivity index is 2.04. The summed E-state index contributed by atoms with van der Waals surface area (Å²) >= 11 is 0. The van der Waals surface area contributed by atoms with Gasteiger partial charge >= 0.3 is 0 Å². The van der Waals surface area contributed by atoms with Crippen molar-refractivity contribution >= 4 is 5.69 Å². The fraction of sp³-hybridized carbons (Fsp3) is 0.385. The molecule has 18 heavy (non-hydrogen) atoms. The van der Waals surface area contributed by atoms with E-state index in [4.69, 9.17) is 5.73 Å². The number of nitrogens with zero attached hydrogens (tertiary/aromatic N) is 3. The van der Waals surface area contributed by atoms with Gasteiger partial charge in [-0.3, -0.25) is 0 Å². The number of aryl methyl sites for hydroxylation is 2. The standard InChI is InChI=1S/C13H15FN4/c1-8-4-5-9(7-11(8)15)12-16-13-10(14)3-2-6-18(13)17-12/h4-5,7,10H,2-3,6,15H2,1H3. The van der Waals surface area contributed by atoms with E-state index in [-0.39, 0.29) is 0 Å². The summed E-state index contributed by atoms with van der Waals surface area (Å²) in [7, 11) is 0. The molecule has 1 atom stereocenters. The van der Waals surface area contributed by atoms with Crippen LogP contribution in [-0.4, -0.2) is 14.8 Å². The zero-order valence-corrected chi connectivity index (χ0v) is 10.2. The molecule has 0 bridgehead atoms. The second kappa shape index (κ2) is 4.08. The van der Waals surface area contributed by atoms with E-state index >= 15 is 0 Å². The first kappa shape index (κ1) is 11.2. The van der Waals surface area contributed by atoms with Crippen LogP contribution in [0.15, 0.2) is 18.2 Å². The van der Waals surface area contributed by atoms with Crippen LogP contribution in [0.4, 0.5) is 10.1 Å². The van der Waals surface area contributed by atoms with Crippen LogP contribution in [0, 0.1) is 6.92 Å². The molecule has 0 amide bonds. The Morgan fingerprint density at radius 3 is 3.00 bits per heavy atom. The van der Waals surface area contributed by atoms with Gasteiger partial charge in [0, 0.05) is 17.8 Å². The maximum absolute atomic E-state index is 13.7. The molecule has 0 saturated carbocycles. The Bertz CT molecular complexity index is 591. The lowest BCUT2D eigenvalue weighted by Crippen LogP contribution is -2.14. The van der Waals surface area contributed by atoms with Crippen molar-refractivity contribution in [3.63, 3.8) is 0 Å². The zero-order valence-electron chi connectivity index (χ0n) is 10.2. The van der Waals surface area contributed by atoms with Crippen molar-refractivity contribution in [3.8, 4) is 11.4 Å². The van der Waals surface area contributed by atoms with Gasteiger partial charge in [0.05, 0.1) is 0 Å². The quantitative estimate of drug-likeness (QED) is 0.787. The molecular weight excluding hydrogens is 231 g/mol. The Hall–Kier alpha value is -1.91. The van der Waals surface area contributed by atoms with Crippen LogP contribution in [-0.2, 0) is 6.54 Å². The van der Waals surface area contributed by atoms with Crippen molar-refractivity contribution in [1.82, 2.24) is 14.8 Å². The van der Waals surface area contributed by atoms with E-state index in [1.54, 1.807) is 4.68 Å². The highest BCUT2D eigenvalue weighted by atomic mass is 19.1. The van der Waals surface area contributed by atoms with Crippen molar-refractivity contribution in [2.45, 2.75) is 32.5 Å². The topological polar surface area (TPSA) is 56.7 Å². The van der Waals surface area contributed by atoms with E-state index in [0.29, 0.717) is 23.8 Å². The van der Waals surface area contributed by atoms with E-state index in [9.17, 15) is 4.39 Å². The van der Waals surface area contributed by atoms with E-state index in [2.05, 4.69) is 10.1 Å². The first-order chi connectivity index (χ1) is 8.65. The molecule has 0 radical (unpaired) electrons. The van der Waals surface area contributed by atoms with Gasteiger partial charge in [0.25, 0.3) is 0 Å². The molecule has 3 rings (SSSR count). The Morgan fingerprint density at radius 2 is 2.28 bits per heavy atom. The Morgan fingerprint density at radius 1 is 1.44 bits per heavy atom. The highest BCUT2D eigenvalue weighted by Gasteiger charge is 2.24. The number of rotatable bonds is 1. The minimum absolute atomic E-state index is 0.440. The molecule has 0 fully saturated rings. The minimum atomic E-state index is -0.997. The molecule has 1 aliphatic rings. The number of alkyl halides is 1. The van der Waals surface area contributed by atoms with Crippen LogP contribution in [0.1, 0.15) is 30.4 Å². The van der Waals surface area contributed by atoms with E-state index < -0.39 is 6.17 Å².